The van der Waals surface area contributed by atoms with Gasteiger partial charge in [-0.1, -0.05) is 13.0 Å². The molecule has 0 aliphatic rings. The summed E-state index contributed by atoms with van der Waals surface area (Å²) in [7, 11) is 0. The van der Waals surface area contributed by atoms with Crippen molar-refractivity contribution in [3.63, 3.8) is 0 Å². The van der Waals surface area contributed by atoms with E-state index in [0.29, 0.717) is 5.56 Å². The van der Waals surface area contributed by atoms with E-state index in [-0.39, 0.29) is 11.9 Å². The van der Waals surface area contributed by atoms with Gasteiger partial charge in [-0.15, -0.1) is 11.3 Å². The van der Waals surface area contributed by atoms with Crippen LogP contribution >= 0.6 is 11.3 Å². The van der Waals surface area contributed by atoms with Crippen LogP contribution in [0.3, 0.4) is 0 Å². The van der Waals surface area contributed by atoms with E-state index < -0.39 is 0 Å². The highest BCUT2D eigenvalue weighted by Gasteiger charge is 2.12. The standard InChI is InChI=1S/C16H20N2OS/c1-4-12-8-9-15(20-12)11(3)18-14-7-5-6-13(10(14)2)16(17)19/h5-9,11,18H,4H2,1-3H3,(H2,17,19). The molecular weight excluding hydrogens is 268 g/mol. The summed E-state index contributed by atoms with van der Waals surface area (Å²) >= 11 is 1.82. The molecule has 1 unspecified atom stereocenters. The van der Waals surface area contributed by atoms with Gasteiger partial charge in [0.25, 0.3) is 0 Å². The number of anilines is 1. The largest absolute Gasteiger partial charge is 0.377 e. The molecule has 106 valence electrons. The second-order valence-electron chi connectivity index (χ2n) is 4.87. The van der Waals surface area contributed by atoms with Gasteiger partial charge in [0.15, 0.2) is 0 Å². The molecule has 0 radical (unpaired) electrons. The smallest absolute Gasteiger partial charge is 0.249 e. The summed E-state index contributed by atoms with van der Waals surface area (Å²) in [6, 6.07) is 10.1. The van der Waals surface area contributed by atoms with Gasteiger partial charge in [0.2, 0.25) is 5.91 Å². The zero-order chi connectivity index (χ0) is 14.7. The zero-order valence-corrected chi connectivity index (χ0v) is 12.9. The molecule has 0 spiro atoms. The van der Waals surface area contributed by atoms with E-state index in [4.69, 9.17) is 5.73 Å². The van der Waals surface area contributed by atoms with Crippen LogP contribution in [0.2, 0.25) is 0 Å². The van der Waals surface area contributed by atoms with Crippen LogP contribution in [0.1, 0.15) is 45.6 Å². The lowest BCUT2D eigenvalue weighted by Gasteiger charge is -2.17. The maximum atomic E-state index is 11.4. The molecule has 1 aromatic heterocycles. The second kappa shape index (κ2) is 6.09. The molecule has 2 rings (SSSR count). The van der Waals surface area contributed by atoms with Crippen molar-refractivity contribution in [3.05, 3.63) is 51.2 Å². The Kier molecular flexibility index (Phi) is 4.45. The Morgan fingerprint density at radius 2 is 2.10 bits per heavy atom. The fraction of sp³-hybridized carbons (Fsp3) is 0.312. The minimum atomic E-state index is -0.386. The molecule has 0 saturated heterocycles. The fourth-order valence-corrected chi connectivity index (χ4v) is 3.14. The zero-order valence-electron chi connectivity index (χ0n) is 12.1. The third kappa shape index (κ3) is 3.02. The summed E-state index contributed by atoms with van der Waals surface area (Å²) in [5, 5.41) is 3.46. The molecule has 3 nitrogen and oxygen atoms in total. The van der Waals surface area contributed by atoms with Gasteiger partial charge in [0, 0.05) is 21.0 Å². The topological polar surface area (TPSA) is 55.1 Å². The highest BCUT2D eigenvalue weighted by molar-refractivity contribution is 7.12. The molecular formula is C16H20N2OS. The van der Waals surface area contributed by atoms with Gasteiger partial charge in [-0.05, 0) is 50.1 Å². The van der Waals surface area contributed by atoms with Crippen molar-refractivity contribution >= 4 is 22.9 Å². The van der Waals surface area contributed by atoms with Crippen LogP contribution in [0.4, 0.5) is 5.69 Å². The number of nitrogens with one attached hydrogen (secondary N) is 1. The normalized spacial score (nSPS) is 12.2. The molecule has 2 aromatic rings. The molecule has 1 heterocycles. The Balaban J connectivity index is 2.21. The van der Waals surface area contributed by atoms with Crippen LogP contribution in [-0.4, -0.2) is 5.91 Å². The first-order valence-electron chi connectivity index (χ1n) is 6.77. The van der Waals surface area contributed by atoms with E-state index in [0.717, 1.165) is 17.7 Å². The number of benzene rings is 1. The maximum Gasteiger partial charge on any atom is 0.249 e. The predicted octanol–water partition coefficient (Wildman–Crippen LogP) is 3.89. The third-order valence-electron chi connectivity index (χ3n) is 3.43. The van der Waals surface area contributed by atoms with Gasteiger partial charge in [-0.3, -0.25) is 4.79 Å². The number of hydrogen-bond acceptors (Lipinski definition) is 3. The second-order valence-corrected chi connectivity index (χ2v) is 6.07. The molecule has 4 heteroatoms. The number of thiophene rings is 1. The van der Waals surface area contributed by atoms with Gasteiger partial charge in [-0.2, -0.15) is 0 Å². The van der Waals surface area contributed by atoms with Crippen LogP contribution in [0.15, 0.2) is 30.3 Å². The first-order chi connectivity index (χ1) is 9.52. The summed E-state index contributed by atoms with van der Waals surface area (Å²) in [5.41, 5.74) is 7.81. The van der Waals surface area contributed by atoms with Crippen molar-refractivity contribution in [2.24, 2.45) is 5.73 Å². The maximum absolute atomic E-state index is 11.4. The highest BCUT2D eigenvalue weighted by Crippen LogP contribution is 2.28. The number of hydrogen-bond donors (Lipinski definition) is 2. The van der Waals surface area contributed by atoms with Gasteiger partial charge >= 0.3 is 0 Å². The van der Waals surface area contributed by atoms with E-state index >= 15 is 0 Å². The molecule has 0 aliphatic heterocycles. The monoisotopic (exact) mass is 288 g/mol. The number of amides is 1. The Labute approximate surface area is 123 Å². The van der Waals surface area contributed by atoms with Crippen molar-refractivity contribution in [2.45, 2.75) is 33.2 Å². The molecule has 1 aromatic carbocycles. The molecule has 3 N–H and O–H groups in total. The van der Waals surface area contributed by atoms with Crippen LogP contribution in [0, 0.1) is 6.92 Å². The van der Waals surface area contributed by atoms with Crippen LogP contribution in [-0.2, 0) is 6.42 Å². The first kappa shape index (κ1) is 14.6. The number of carbonyl (C=O) groups excluding carboxylic acids is 1. The SMILES string of the molecule is CCc1ccc(C(C)Nc2cccc(C(N)=O)c2C)s1. The summed E-state index contributed by atoms with van der Waals surface area (Å²) in [6.07, 6.45) is 1.06. The fourth-order valence-electron chi connectivity index (χ4n) is 2.18. The molecule has 0 bridgehead atoms. The predicted molar refractivity (Wildman–Crippen MR) is 85.4 cm³/mol. The minimum absolute atomic E-state index is 0.210. The quantitative estimate of drug-likeness (QED) is 0.877. The third-order valence-corrected chi connectivity index (χ3v) is 4.84. The molecule has 1 amide bonds. The van der Waals surface area contributed by atoms with Crippen LogP contribution in [0.5, 0.6) is 0 Å². The molecule has 0 fully saturated rings. The Morgan fingerprint density at radius 1 is 1.35 bits per heavy atom. The Hall–Kier alpha value is -1.81. The van der Waals surface area contributed by atoms with Crippen molar-refractivity contribution < 1.29 is 4.79 Å². The summed E-state index contributed by atoms with van der Waals surface area (Å²) in [6.45, 7) is 6.21. The number of nitrogens with two attached hydrogens (primary N) is 1. The average molecular weight is 288 g/mol. The summed E-state index contributed by atoms with van der Waals surface area (Å²) in [5.74, 6) is -0.386. The van der Waals surface area contributed by atoms with E-state index in [1.807, 2.05) is 30.4 Å². The van der Waals surface area contributed by atoms with E-state index in [2.05, 4.69) is 31.3 Å². The Morgan fingerprint density at radius 3 is 2.70 bits per heavy atom. The molecule has 1 atom stereocenters. The van der Waals surface area contributed by atoms with Crippen molar-refractivity contribution in [2.75, 3.05) is 5.32 Å². The minimum Gasteiger partial charge on any atom is -0.377 e. The number of carbonyl (C=O) groups is 1. The average Bonchev–Trinajstić information content (AvgIpc) is 2.89. The summed E-state index contributed by atoms with van der Waals surface area (Å²) < 4.78 is 0. The van der Waals surface area contributed by atoms with Crippen LogP contribution in [0.25, 0.3) is 0 Å². The van der Waals surface area contributed by atoms with Gasteiger partial charge in [0.1, 0.15) is 0 Å². The first-order valence-corrected chi connectivity index (χ1v) is 7.59. The number of aryl methyl sites for hydroxylation is 1. The number of rotatable bonds is 5. The van der Waals surface area contributed by atoms with Gasteiger partial charge in [-0.25, -0.2) is 0 Å². The highest BCUT2D eigenvalue weighted by atomic mass is 32.1. The lowest BCUT2D eigenvalue weighted by atomic mass is 10.1. The summed E-state index contributed by atoms with van der Waals surface area (Å²) in [4.78, 5) is 14.1. The number of primary amides is 1. The molecule has 0 saturated carbocycles. The Bertz CT molecular complexity index is 619. The van der Waals surface area contributed by atoms with E-state index in [9.17, 15) is 4.79 Å². The van der Waals surface area contributed by atoms with E-state index in [1.165, 1.54) is 9.75 Å². The lowest BCUT2D eigenvalue weighted by Crippen LogP contribution is -2.14. The van der Waals surface area contributed by atoms with Gasteiger partial charge in [0.05, 0.1) is 6.04 Å². The van der Waals surface area contributed by atoms with Crippen molar-refractivity contribution in [1.29, 1.82) is 0 Å². The lowest BCUT2D eigenvalue weighted by molar-refractivity contribution is 0.1000. The van der Waals surface area contributed by atoms with Crippen molar-refractivity contribution in [3.8, 4) is 0 Å². The van der Waals surface area contributed by atoms with Gasteiger partial charge < -0.3 is 11.1 Å². The van der Waals surface area contributed by atoms with Crippen LogP contribution < -0.4 is 11.1 Å². The van der Waals surface area contributed by atoms with Crippen molar-refractivity contribution in [1.82, 2.24) is 0 Å². The molecule has 0 aliphatic carbocycles. The van der Waals surface area contributed by atoms with E-state index in [1.54, 1.807) is 6.07 Å². The molecule has 20 heavy (non-hydrogen) atoms.